The SMILES string of the molecule is CC1(C)S[C@@H]2CC(=O)C(=O)C2[C@H]1C(=O)OC(c1ccccc1)c1ccccc1. The van der Waals surface area contributed by atoms with Gasteiger partial charge in [0.1, 0.15) is 0 Å². The molecule has 0 radical (unpaired) electrons. The molecule has 2 aromatic rings. The lowest BCUT2D eigenvalue weighted by atomic mass is 9.81. The molecule has 0 amide bonds. The normalized spacial score (nSPS) is 25.8. The molecule has 1 aliphatic heterocycles. The fraction of sp³-hybridized carbons (Fsp3) is 0.348. The lowest BCUT2D eigenvalue weighted by Crippen LogP contribution is -2.39. The van der Waals surface area contributed by atoms with Crippen LogP contribution in [0.5, 0.6) is 0 Å². The van der Waals surface area contributed by atoms with Crippen LogP contribution in [0.2, 0.25) is 0 Å². The Hall–Kier alpha value is -2.40. The van der Waals surface area contributed by atoms with E-state index in [0.29, 0.717) is 0 Å². The lowest BCUT2D eigenvalue weighted by molar-refractivity contribution is -0.156. The van der Waals surface area contributed by atoms with Crippen LogP contribution in [-0.4, -0.2) is 27.5 Å². The highest BCUT2D eigenvalue weighted by Gasteiger charge is 2.60. The Bertz CT molecular complexity index is 867. The Balaban J connectivity index is 1.66. The van der Waals surface area contributed by atoms with Crippen LogP contribution in [-0.2, 0) is 19.1 Å². The van der Waals surface area contributed by atoms with Crippen molar-refractivity contribution in [2.45, 2.75) is 36.4 Å². The van der Waals surface area contributed by atoms with Crippen LogP contribution >= 0.6 is 11.8 Å². The largest absolute Gasteiger partial charge is 0.452 e. The summed E-state index contributed by atoms with van der Waals surface area (Å²) in [6.45, 7) is 3.92. The van der Waals surface area contributed by atoms with Gasteiger partial charge in [0.25, 0.3) is 0 Å². The molecule has 1 saturated carbocycles. The molecule has 0 N–H and O–H groups in total. The number of thioether (sulfide) groups is 1. The number of hydrogen-bond acceptors (Lipinski definition) is 5. The van der Waals surface area contributed by atoms with Crippen LogP contribution in [0.3, 0.4) is 0 Å². The quantitative estimate of drug-likeness (QED) is 0.580. The fourth-order valence-electron chi connectivity index (χ4n) is 4.35. The third-order valence-corrected chi connectivity index (χ3v) is 7.24. The monoisotopic (exact) mass is 394 g/mol. The molecule has 2 aromatic carbocycles. The summed E-state index contributed by atoms with van der Waals surface area (Å²) in [6, 6.07) is 19.1. The average Bonchev–Trinajstić information content (AvgIpc) is 3.10. The molecule has 3 atom stereocenters. The number of carbonyl (C=O) groups excluding carboxylic acids is 3. The molecule has 1 unspecified atom stereocenters. The Labute approximate surface area is 168 Å². The van der Waals surface area contributed by atoms with Gasteiger partial charge in [-0.25, -0.2) is 0 Å². The smallest absolute Gasteiger partial charge is 0.312 e. The van der Waals surface area contributed by atoms with Crippen molar-refractivity contribution >= 4 is 29.3 Å². The first-order valence-electron chi connectivity index (χ1n) is 9.44. The van der Waals surface area contributed by atoms with Crippen molar-refractivity contribution < 1.29 is 19.1 Å². The number of carbonyl (C=O) groups is 3. The van der Waals surface area contributed by atoms with Gasteiger partial charge >= 0.3 is 5.97 Å². The number of ether oxygens (including phenoxy) is 1. The molecule has 1 saturated heterocycles. The molecule has 0 aromatic heterocycles. The third kappa shape index (κ3) is 3.28. The zero-order valence-corrected chi connectivity index (χ0v) is 16.6. The van der Waals surface area contributed by atoms with Crippen LogP contribution < -0.4 is 0 Å². The van der Waals surface area contributed by atoms with Gasteiger partial charge in [-0.1, -0.05) is 60.7 Å². The van der Waals surface area contributed by atoms with E-state index in [1.807, 2.05) is 74.5 Å². The minimum atomic E-state index is -0.628. The van der Waals surface area contributed by atoms with Crippen molar-refractivity contribution in [2.75, 3.05) is 0 Å². The summed E-state index contributed by atoms with van der Waals surface area (Å²) in [5.74, 6) is -2.39. The Kier molecular flexibility index (Phi) is 4.88. The van der Waals surface area contributed by atoms with Gasteiger partial charge in [0.05, 0.1) is 11.8 Å². The van der Waals surface area contributed by atoms with Crippen molar-refractivity contribution in [1.82, 2.24) is 0 Å². The minimum absolute atomic E-state index is 0.126. The molecule has 0 bridgehead atoms. The van der Waals surface area contributed by atoms with E-state index >= 15 is 0 Å². The second-order valence-electron chi connectivity index (χ2n) is 7.89. The van der Waals surface area contributed by atoms with E-state index in [-0.39, 0.29) is 17.5 Å². The molecular formula is C23H22O4S. The van der Waals surface area contributed by atoms with Gasteiger partial charge in [0, 0.05) is 16.4 Å². The van der Waals surface area contributed by atoms with Crippen LogP contribution in [0.1, 0.15) is 37.5 Å². The summed E-state index contributed by atoms with van der Waals surface area (Å²) >= 11 is 1.56. The third-order valence-electron chi connectivity index (χ3n) is 5.62. The summed E-state index contributed by atoms with van der Waals surface area (Å²) in [6.07, 6.45) is -0.329. The molecule has 5 heteroatoms. The van der Waals surface area contributed by atoms with Gasteiger partial charge in [0.2, 0.25) is 5.78 Å². The second kappa shape index (κ2) is 7.21. The van der Waals surface area contributed by atoms with Crippen molar-refractivity contribution in [3.8, 4) is 0 Å². The minimum Gasteiger partial charge on any atom is -0.452 e. The predicted molar refractivity (Wildman–Crippen MR) is 108 cm³/mol. The summed E-state index contributed by atoms with van der Waals surface area (Å²) in [7, 11) is 0. The van der Waals surface area contributed by atoms with Gasteiger partial charge in [-0.3, -0.25) is 14.4 Å². The molecule has 28 heavy (non-hydrogen) atoms. The summed E-state index contributed by atoms with van der Waals surface area (Å²) in [4.78, 5) is 37.7. The number of benzene rings is 2. The first-order chi connectivity index (χ1) is 13.4. The highest BCUT2D eigenvalue weighted by atomic mass is 32.2. The van der Waals surface area contributed by atoms with Gasteiger partial charge in [-0.15, -0.1) is 0 Å². The maximum atomic E-state index is 13.3. The van der Waals surface area contributed by atoms with Crippen molar-refractivity contribution in [1.29, 1.82) is 0 Å². The number of esters is 1. The van der Waals surface area contributed by atoms with E-state index in [9.17, 15) is 14.4 Å². The van der Waals surface area contributed by atoms with Crippen LogP contribution in [0.15, 0.2) is 60.7 Å². The van der Waals surface area contributed by atoms with Gasteiger partial charge < -0.3 is 4.74 Å². The number of ketones is 2. The highest BCUT2D eigenvalue weighted by Crippen LogP contribution is 2.55. The second-order valence-corrected chi connectivity index (χ2v) is 9.79. The predicted octanol–water partition coefficient (Wildman–Crippen LogP) is 3.99. The van der Waals surface area contributed by atoms with E-state index in [1.54, 1.807) is 11.8 Å². The van der Waals surface area contributed by atoms with Crippen molar-refractivity contribution in [3.05, 3.63) is 71.8 Å². The Morgan fingerprint density at radius 3 is 2.07 bits per heavy atom. The zero-order chi connectivity index (χ0) is 19.9. The van der Waals surface area contributed by atoms with Crippen LogP contribution in [0.25, 0.3) is 0 Å². The maximum absolute atomic E-state index is 13.3. The van der Waals surface area contributed by atoms with Crippen molar-refractivity contribution in [2.24, 2.45) is 11.8 Å². The number of fused-ring (bicyclic) bond motifs is 1. The maximum Gasteiger partial charge on any atom is 0.312 e. The summed E-state index contributed by atoms with van der Waals surface area (Å²) in [5.41, 5.74) is 1.74. The number of rotatable bonds is 4. The molecule has 0 spiro atoms. The zero-order valence-electron chi connectivity index (χ0n) is 15.8. The molecule has 4 nitrogen and oxygen atoms in total. The average molecular weight is 394 g/mol. The molecule has 4 rings (SSSR count). The summed E-state index contributed by atoms with van der Waals surface area (Å²) in [5, 5.41) is -0.126. The van der Waals surface area contributed by atoms with E-state index in [2.05, 4.69) is 0 Å². The standard InChI is InChI=1S/C23H22O4S/c1-23(2)19(18-17(28-23)13-16(24)20(18)25)22(26)27-21(14-9-5-3-6-10-14)15-11-7-4-8-12-15/h3-12,17-19,21H,13H2,1-2H3/t17-,18?,19+/m1/s1. The lowest BCUT2D eigenvalue weighted by Gasteiger charge is -2.29. The molecule has 1 heterocycles. The molecule has 1 aliphatic carbocycles. The van der Waals surface area contributed by atoms with Crippen LogP contribution in [0, 0.1) is 11.8 Å². The number of Topliss-reactive ketones (excluding diaryl/α,β-unsaturated/α-hetero) is 2. The fourth-order valence-corrected chi connectivity index (χ4v) is 6.18. The molecular weight excluding hydrogens is 372 g/mol. The first kappa shape index (κ1) is 18.9. The molecule has 2 fully saturated rings. The number of hydrogen-bond donors (Lipinski definition) is 0. The van der Waals surface area contributed by atoms with Gasteiger partial charge in [-0.05, 0) is 25.0 Å². The topological polar surface area (TPSA) is 60.4 Å². The van der Waals surface area contributed by atoms with E-state index in [4.69, 9.17) is 4.74 Å². The van der Waals surface area contributed by atoms with E-state index in [1.165, 1.54) is 0 Å². The molecule has 2 aliphatic rings. The Morgan fingerprint density at radius 1 is 1.00 bits per heavy atom. The van der Waals surface area contributed by atoms with Gasteiger partial charge in [-0.2, -0.15) is 11.8 Å². The van der Waals surface area contributed by atoms with Crippen LogP contribution in [0.4, 0.5) is 0 Å². The molecule has 144 valence electrons. The van der Waals surface area contributed by atoms with Gasteiger partial charge in [0.15, 0.2) is 11.9 Å². The Morgan fingerprint density at radius 2 is 1.54 bits per heavy atom. The van der Waals surface area contributed by atoms with E-state index < -0.39 is 34.4 Å². The van der Waals surface area contributed by atoms with Crippen molar-refractivity contribution in [3.63, 3.8) is 0 Å². The summed E-state index contributed by atoms with van der Waals surface area (Å²) < 4.78 is 5.56. The van der Waals surface area contributed by atoms with E-state index in [0.717, 1.165) is 11.1 Å². The highest BCUT2D eigenvalue weighted by molar-refractivity contribution is 8.01. The first-order valence-corrected chi connectivity index (χ1v) is 10.3.